The lowest BCUT2D eigenvalue weighted by Gasteiger charge is -2.43. The first-order valence-electron chi connectivity index (χ1n) is 6.74. The lowest BCUT2D eigenvalue weighted by Crippen LogP contribution is -2.60. The molecule has 0 aromatic carbocycles. The zero-order valence-corrected chi connectivity index (χ0v) is 13.4. The molecule has 1 fully saturated rings. The first-order valence-corrected chi connectivity index (χ1v) is 8.61. The molecule has 2 aliphatic heterocycles. The monoisotopic (exact) mass is 341 g/mol. The average molecular weight is 341 g/mol. The van der Waals surface area contributed by atoms with Crippen LogP contribution in [0.4, 0.5) is 0 Å². The third kappa shape index (κ3) is 2.53. The van der Waals surface area contributed by atoms with Crippen molar-refractivity contribution in [3.05, 3.63) is 28.7 Å². The van der Waals surface area contributed by atoms with Crippen LogP contribution in [0, 0.1) is 5.92 Å². The molecular weight excluding hydrogens is 326 g/mol. The van der Waals surface area contributed by atoms with Gasteiger partial charge in [-0.2, -0.15) is 0 Å². The molecule has 3 atom stereocenters. The van der Waals surface area contributed by atoms with Crippen LogP contribution in [0.25, 0.3) is 0 Å². The van der Waals surface area contributed by atoms with E-state index in [-0.39, 0.29) is 17.0 Å². The fourth-order valence-electron chi connectivity index (χ4n) is 2.51. The Bertz CT molecular complexity index is 629. The highest BCUT2D eigenvalue weighted by Gasteiger charge is 2.57. The summed E-state index contributed by atoms with van der Waals surface area (Å²) in [4.78, 5) is 28.7. The predicted molar refractivity (Wildman–Crippen MR) is 82.7 cm³/mol. The van der Waals surface area contributed by atoms with E-state index >= 15 is 0 Å². The number of carbonyl (C=O) groups excluding carboxylic acids is 1. The summed E-state index contributed by atoms with van der Waals surface area (Å²) in [5, 5.41) is 18.7. The fraction of sp³-hybridized carbons (Fsp3) is 0.462. The second-order valence-electron chi connectivity index (χ2n) is 5.07. The molecule has 9 heteroatoms. The van der Waals surface area contributed by atoms with Crippen molar-refractivity contribution in [1.29, 1.82) is 0 Å². The Hall–Kier alpha value is -1.45. The Labute approximate surface area is 135 Å². The summed E-state index contributed by atoms with van der Waals surface area (Å²) in [6, 6.07) is 0. The number of aliphatic hydroxyl groups excluding tert-OH is 1. The first kappa shape index (κ1) is 15.4. The Morgan fingerprint density at radius 2 is 2.36 bits per heavy atom. The van der Waals surface area contributed by atoms with Crippen LogP contribution in [0.1, 0.15) is 6.92 Å². The number of thioether (sulfide) groups is 2. The molecule has 22 heavy (non-hydrogen) atoms. The number of fused-ring (bicyclic) bond motifs is 1. The molecule has 2 N–H and O–H groups in total. The van der Waals surface area contributed by atoms with Gasteiger partial charge in [0.25, 0.3) is 0 Å². The quantitative estimate of drug-likeness (QED) is 0.738. The summed E-state index contributed by atoms with van der Waals surface area (Å²) >= 11 is 2.78. The van der Waals surface area contributed by atoms with E-state index < -0.39 is 18.0 Å². The molecule has 1 aromatic heterocycles. The predicted octanol–water partition coefficient (Wildman–Crippen LogP) is 0.782. The number of carboxylic acids is 1. The lowest BCUT2D eigenvalue weighted by atomic mass is 9.92. The Balaban J connectivity index is 1.70. The van der Waals surface area contributed by atoms with Gasteiger partial charge in [0.2, 0.25) is 5.91 Å². The largest absolute Gasteiger partial charge is 0.477 e. The van der Waals surface area contributed by atoms with Gasteiger partial charge in [-0.15, -0.1) is 11.8 Å². The highest BCUT2D eigenvalue weighted by atomic mass is 32.2. The molecule has 0 spiro atoms. The molecule has 2 aliphatic rings. The molecule has 1 saturated heterocycles. The number of β-lactam (4-membered cyclic amide) rings is 1. The van der Waals surface area contributed by atoms with E-state index in [2.05, 4.69) is 4.98 Å². The average Bonchev–Trinajstić information content (AvgIpc) is 3.04. The van der Waals surface area contributed by atoms with Gasteiger partial charge in [-0.1, -0.05) is 11.8 Å². The van der Waals surface area contributed by atoms with Crippen LogP contribution in [0.15, 0.2) is 28.7 Å². The third-order valence-corrected chi connectivity index (χ3v) is 6.25. The summed E-state index contributed by atoms with van der Waals surface area (Å²) in [5.74, 6) is -1.25. The van der Waals surface area contributed by atoms with Crippen molar-refractivity contribution in [3.63, 3.8) is 0 Å². The van der Waals surface area contributed by atoms with Gasteiger partial charge in [-0.25, -0.2) is 9.78 Å². The molecule has 0 radical (unpaired) electrons. The minimum Gasteiger partial charge on any atom is -0.477 e. The molecule has 7 nitrogen and oxygen atoms in total. The Kier molecular flexibility index (Phi) is 4.20. The van der Waals surface area contributed by atoms with Crippen molar-refractivity contribution in [1.82, 2.24) is 14.5 Å². The number of nitrogens with zero attached hydrogens (tertiary/aromatic N) is 3. The van der Waals surface area contributed by atoms with Crippen molar-refractivity contribution >= 4 is 35.4 Å². The molecule has 1 aromatic rings. The zero-order chi connectivity index (χ0) is 15.9. The number of amides is 1. The maximum absolute atomic E-state index is 12.0. The Morgan fingerprint density at radius 3 is 2.95 bits per heavy atom. The second kappa shape index (κ2) is 5.98. The number of carboxylic acid groups (broad SMARTS) is 1. The van der Waals surface area contributed by atoms with E-state index in [1.54, 1.807) is 19.4 Å². The molecule has 3 heterocycles. The molecule has 3 rings (SSSR count). The zero-order valence-electron chi connectivity index (χ0n) is 11.7. The maximum Gasteiger partial charge on any atom is 0.354 e. The van der Waals surface area contributed by atoms with E-state index in [0.29, 0.717) is 16.5 Å². The van der Waals surface area contributed by atoms with E-state index in [1.807, 2.05) is 10.8 Å². The van der Waals surface area contributed by atoms with Gasteiger partial charge in [0.05, 0.1) is 22.6 Å². The van der Waals surface area contributed by atoms with E-state index in [0.717, 1.165) is 0 Å². The molecular formula is C13H15N3O4S2. The number of aliphatic hydroxyl groups is 1. The minimum atomic E-state index is -1.10. The van der Waals surface area contributed by atoms with Gasteiger partial charge in [-0.05, 0) is 6.92 Å². The van der Waals surface area contributed by atoms with Crippen LogP contribution in [-0.2, 0) is 16.1 Å². The number of hydrogen-bond acceptors (Lipinski definition) is 6. The van der Waals surface area contributed by atoms with Crippen molar-refractivity contribution in [2.24, 2.45) is 5.92 Å². The van der Waals surface area contributed by atoms with Crippen LogP contribution in [0.3, 0.4) is 0 Å². The van der Waals surface area contributed by atoms with Crippen LogP contribution in [0.5, 0.6) is 0 Å². The summed E-state index contributed by atoms with van der Waals surface area (Å²) in [6.07, 6.45) is 4.46. The van der Waals surface area contributed by atoms with Gasteiger partial charge in [0.15, 0.2) is 5.70 Å². The van der Waals surface area contributed by atoms with Crippen LogP contribution in [0.2, 0.25) is 0 Å². The standard InChI is InChI=1S/C13H15N3O4S2/c1-7(17)8-10(18)16-9(12(19)20)13(22-11(8)16)21-5-4-15-3-2-14-6-15/h2-3,6-8,11,17H,4-5H2,1H3,(H,19,20)/t7-,8+,11-/m1/s1. The number of rotatable bonds is 6. The van der Waals surface area contributed by atoms with Crippen LogP contribution >= 0.6 is 23.5 Å². The summed E-state index contributed by atoms with van der Waals surface area (Å²) < 4.78 is 2.54. The normalized spacial score (nSPS) is 25.2. The van der Waals surface area contributed by atoms with Crippen molar-refractivity contribution < 1.29 is 19.8 Å². The van der Waals surface area contributed by atoms with Crippen molar-refractivity contribution in [2.45, 2.75) is 24.9 Å². The minimum absolute atomic E-state index is 0.0486. The molecule has 0 saturated carbocycles. The number of imidazole rings is 1. The third-order valence-electron chi connectivity index (χ3n) is 3.61. The van der Waals surface area contributed by atoms with E-state index in [4.69, 9.17) is 0 Å². The lowest BCUT2D eigenvalue weighted by molar-refractivity contribution is -0.156. The van der Waals surface area contributed by atoms with Gasteiger partial charge in [0.1, 0.15) is 5.37 Å². The molecule has 0 bridgehead atoms. The second-order valence-corrected chi connectivity index (χ2v) is 7.56. The highest BCUT2D eigenvalue weighted by Crippen LogP contribution is 2.53. The van der Waals surface area contributed by atoms with E-state index in [1.165, 1.54) is 28.4 Å². The first-order chi connectivity index (χ1) is 10.5. The topological polar surface area (TPSA) is 95.7 Å². The molecule has 0 unspecified atom stereocenters. The Morgan fingerprint density at radius 1 is 1.59 bits per heavy atom. The summed E-state index contributed by atoms with van der Waals surface area (Å²) in [5.41, 5.74) is 0.0486. The number of hydrogen-bond donors (Lipinski definition) is 2. The number of aliphatic carboxylic acids is 1. The maximum atomic E-state index is 12.0. The number of carbonyl (C=O) groups is 2. The van der Waals surface area contributed by atoms with Crippen molar-refractivity contribution in [2.75, 3.05) is 5.75 Å². The molecule has 118 valence electrons. The SMILES string of the molecule is C[C@@H](O)[C@H]1C(=O)N2C(C(=O)O)=C(SCCn3ccnc3)S[C@H]12. The van der Waals surface area contributed by atoms with Crippen LogP contribution < -0.4 is 0 Å². The van der Waals surface area contributed by atoms with Gasteiger partial charge < -0.3 is 14.8 Å². The number of aromatic nitrogens is 2. The van der Waals surface area contributed by atoms with Crippen LogP contribution in [-0.4, -0.2) is 53.8 Å². The fourth-order valence-corrected chi connectivity index (χ4v) is 5.46. The highest BCUT2D eigenvalue weighted by molar-refractivity contribution is 8.22. The summed E-state index contributed by atoms with van der Waals surface area (Å²) in [6.45, 7) is 2.27. The molecule has 1 amide bonds. The summed E-state index contributed by atoms with van der Waals surface area (Å²) in [7, 11) is 0. The smallest absolute Gasteiger partial charge is 0.354 e. The van der Waals surface area contributed by atoms with Gasteiger partial charge in [0, 0.05) is 24.7 Å². The van der Waals surface area contributed by atoms with Gasteiger partial charge in [-0.3, -0.25) is 9.69 Å². The van der Waals surface area contributed by atoms with E-state index in [9.17, 15) is 19.8 Å². The van der Waals surface area contributed by atoms with Crippen molar-refractivity contribution in [3.8, 4) is 0 Å². The molecule has 0 aliphatic carbocycles. The van der Waals surface area contributed by atoms with Gasteiger partial charge >= 0.3 is 5.97 Å². The number of aryl methyl sites for hydroxylation is 1.